The molecule has 0 atom stereocenters. The van der Waals surface area contributed by atoms with Gasteiger partial charge in [-0.15, -0.1) is 5.10 Å². The number of aromatic nitrogens is 3. The highest BCUT2D eigenvalue weighted by atomic mass is 32.2. The van der Waals surface area contributed by atoms with Crippen LogP contribution in [0.2, 0.25) is 0 Å². The minimum absolute atomic E-state index is 0.0805. The van der Waals surface area contributed by atoms with Gasteiger partial charge in [-0.2, -0.15) is 0 Å². The second kappa shape index (κ2) is 5.75. The zero-order chi connectivity index (χ0) is 13.8. The maximum atomic E-state index is 11.9. The minimum atomic E-state index is -0.276. The lowest BCUT2D eigenvalue weighted by atomic mass is 10.1. The molecule has 1 aromatic heterocycles. The number of H-pyrrole nitrogens is 1. The second-order valence-corrected chi connectivity index (χ2v) is 4.76. The summed E-state index contributed by atoms with van der Waals surface area (Å²) in [5, 5.41) is 15.9. The van der Waals surface area contributed by atoms with E-state index in [0.717, 1.165) is 0 Å². The average molecular weight is 279 g/mol. The van der Waals surface area contributed by atoms with Crippen molar-refractivity contribution >= 4 is 17.5 Å². The molecule has 0 amide bonds. The van der Waals surface area contributed by atoms with Crippen molar-refractivity contribution in [3.05, 3.63) is 40.3 Å². The van der Waals surface area contributed by atoms with E-state index >= 15 is 0 Å². The second-order valence-electron chi connectivity index (χ2n) is 3.81. The van der Waals surface area contributed by atoms with Crippen molar-refractivity contribution in [2.45, 2.75) is 18.6 Å². The SMILES string of the molecule is CCn1c(SCC(=O)c2ccc(O)cc2)n[nH]c1=O. The molecule has 0 radical (unpaired) electrons. The Kier molecular flexibility index (Phi) is 4.06. The number of ketones is 1. The number of benzene rings is 1. The largest absolute Gasteiger partial charge is 0.508 e. The van der Waals surface area contributed by atoms with E-state index in [4.69, 9.17) is 5.11 Å². The number of carbonyl (C=O) groups is 1. The van der Waals surface area contributed by atoms with Gasteiger partial charge in [0, 0.05) is 12.1 Å². The van der Waals surface area contributed by atoms with E-state index < -0.39 is 0 Å². The smallest absolute Gasteiger partial charge is 0.343 e. The summed E-state index contributed by atoms with van der Waals surface area (Å²) in [5.74, 6) is 0.231. The number of hydrogen-bond acceptors (Lipinski definition) is 5. The van der Waals surface area contributed by atoms with Crippen LogP contribution in [0.5, 0.6) is 5.75 Å². The minimum Gasteiger partial charge on any atom is -0.508 e. The number of hydrogen-bond donors (Lipinski definition) is 2. The molecule has 100 valence electrons. The van der Waals surface area contributed by atoms with Crippen LogP contribution in [-0.4, -0.2) is 31.4 Å². The normalized spacial score (nSPS) is 10.6. The molecule has 0 saturated carbocycles. The number of aromatic hydroxyl groups is 1. The highest BCUT2D eigenvalue weighted by molar-refractivity contribution is 7.99. The van der Waals surface area contributed by atoms with Crippen LogP contribution in [0.15, 0.2) is 34.2 Å². The Morgan fingerprint density at radius 3 is 2.74 bits per heavy atom. The van der Waals surface area contributed by atoms with Crippen molar-refractivity contribution in [2.24, 2.45) is 0 Å². The summed E-state index contributed by atoms with van der Waals surface area (Å²) in [5.41, 5.74) is 0.244. The number of carbonyl (C=O) groups excluding carboxylic acids is 1. The van der Waals surface area contributed by atoms with Gasteiger partial charge in [-0.25, -0.2) is 9.89 Å². The summed E-state index contributed by atoms with van der Waals surface area (Å²) >= 11 is 1.21. The Morgan fingerprint density at radius 1 is 1.42 bits per heavy atom. The first-order chi connectivity index (χ1) is 9.11. The molecule has 0 saturated heterocycles. The van der Waals surface area contributed by atoms with E-state index in [2.05, 4.69) is 10.2 Å². The van der Waals surface area contributed by atoms with Crippen molar-refractivity contribution in [3.63, 3.8) is 0 Å². The van der Waals surface area contributed by atoms with Gasteiger partial charge in [0.15, 0.2) is 10.9 Å². The summed E-state index contributed by atoms with van der Waals surface area (Å²) < 4.78 is 1.47. The summed E-state index contributed by atoms with van der Waals surface area (Å²) in [6.45, 7) is 2.34. The van der Waals surface area contributed by atoms with Gasteiger partial charge in [0.2, 0.25) is 0 Å². The first kappa shape index (κ1) is 13.4. The van der Waals surface area contributed by atoms with E-state index in [1.807, 2.05) is 6.92 Å². The molecule has 6 nitrogen and oxygen atoms in total. The molecule has 1 aromatic carbocycles. The fourth-order valence-corrected chi connectivity index (χ4v) is 2.46. The van der Waals surface area contributed by atoms with Gasteiger partial charge in [-0.1, -0.05) is 11.8 Å². The fourth-order valence-electron chi connectivity index (χ4n) is 1.55. The Morgan fingerprint density at radius 2 is 2.11 bits per heavy atom. The summed E-state index contributed by atoms with van der Waals surface area (Å²) in [4.78, 5) is 23.2. The molecule has 0 aliphatic rings. The summed E-state index contributed by atoms with van der Waals surface area (Å²) in [6, 6.07) is 6.06. The maximum Gasteiger partial charge on any atom is 0.343 e. The molecule has 0 aliphatic heterocycles. The molecule has 19 heavy (non-hydrogen) atoms. The van der Waals surface area contributed by atoms with Crippen LogP contribution in [0.4, 0.5) is 0 Å². The van der Waals surface area contributed by atoms with Crippen LogP contribution in [-0.2, 0) is 6.54 Å². The lowest BCUT2D eigenvalue weighted by molar-refractivity contribution is 0.102. The Hall–Kier alpha value is -2.02. The van der Waals surface area contributed by atoms with Crippen molar-refractivity contribution in [3.8, 4) is 5.75 Å². The molecular weight excluding hydrogens is 266 g/mol. The lowest BCUT2D eigenvalue weighted by Crippen LogP contribution is -2.16. The molecule has 0 aliphatic carbocycles. The van der Waals surface area contributed by atoms with Gasteiger partial charge >= 0.3 is 5.69 Å². The molecular formula is C12H13N3O3S. The van der Waals surface area contributed by atoms with Crippen molar-refractivity contribution < 1.29 is 9.90 Å². The van der Waals surface area contributed by atoms with Gasteiger partial charge < -0.3 is 5.11 Å². The molecule has 2 rings (SSSR count). The monoisotopic (exact) mass is 279 g/mol. The number of phenols is 1. The van der Waals surface area contributed by atoms with E-state index in [1.54, 1.807) is 12.1 Å². The van der Waals surface area contributed by atoms with E-state index in [9.17, 15) is 9.59 Å². The van der Waals surface area contributed by atoms with Crippen LogP contribution >= 0.6 is 11.8 Å². The van der Waals surface area contributed by atoms with Gasteiger partial charge in [0.1, 0.15) is 5.75 Å². The van der Waals surface area contributed by atoms with Crippen molar-refractivity contribution in [1.29, 1.82) is 0 Å². The molecule has 1 heterocycles. The standard InChI is InChI=1S/C12H13N3O3S/c1-2-15-11(18)13-14-12(15)19-7-10(17)8-3-5-9(16)6-4-8/h3-6,16H,2,7H2,1H3,(H,13,18). The van der Waals surface area contributed by atoms with Gasteiger partial charge in [0.25, 0.3) is 0 Å². The lowest BCUT2D eigenvalue weighted by Gasteiger charge is -2.02. The number of thioether (sulfide) groups is 1. The molecule has 0 unspecified atom stereocenters. The van der Waals surface area contributed by atoms with Crippen LogP contribution < -0.4 is 5.69 Å². The fraction of sp³-hybridized carbons (Fsp3) is 0.250. The first-order valence-electron chi connectivity index (χ1n) is 5.72. The predicted molar refractivity (Wildman–Crippen MR) is 71.7 cm³/mol. The van der Waals surface area contributed by atoms with Crippen LogP contribution in [0.3, 0.4) is 0 Å². The van der Waals surface area contributed by atoms with Gasteiger partial charge in [0.05, 0.1) is 5.75 Å². The quantitative estimate of drug-likeness (QED) is 0.635. The van der Waals surface area contributed by atoms with E-state index in [1.165, 1.54) is 28.5 Å². The molecule has 0 fully saturated rings. The highest BCUT2D eigenvalue weighted by Crippen LogP contribution is 2.16. The number of Topliss-reactive ketones (excluding diaryl/α,β-unsaturated/α-hetero) is 1. The van der Waals surface area contributed by atoms with Crippen LogP contribution in [0.1, 0.15) is 17.3 Å². The number of nitrogens with zero attached hydrogens (tertiary/aromatic N) is 2. The number of rotatable bonds is 5. The first-order valence-corrected chi connectivity index (χ1v) is 6.70. The third kappa shape index (κ3) is 3.05. The topological polar surface area (TPSA) is 88.0 Å². The number of phenolic OH excluding ortho intramolecular Hbond substituents is 1. The van der Waals surface area contributed by atoms with E-state index in [-0.39, 0.29) is 23.0 Å². The Balaban J connectivity index is 2.04. The zero-order valence-corrected chi connectivity index (χ0v) is 11.1. The van der Waals surface area contributed by atoms with Crippen LogP contribution in [0.25, 0.3) is 0 Å². The Labute approximate surface area is 113 Å². The van der Waals surface area contributed by atoms with Crippen LogP contribution in [0, 0.1) is 0 Å². The molecule has 2 aromatic rings. The van der Waals surface area contributed by atoms with E-state index in [0.29, 0.717) is 17.3 Å². The number of aromatic amines is 1. The Bertz CT molecular complexity index is 630. The third-order valence-corrected chi connectivity index (χ3v) is 3.54. The average Bonchev–Trinajstić information content (AvgIpc) is 2.77. The predicted octanol–water partition coefficient (Wildman–Crippen LogP) is 1.27. The van der Waals surface area contributed by atoms with Crippen molar-refractivity contribution in [1.82, 2.24) is 14.8 Å². The summed E-state index contributed by atoms with van der Waals surface area (Å²) in [7, 11) is 0. The van der Waals surface area contributed by atoms with Gasteiger partial charge in [-0.05, 0) is 31.2 Å². The number of nitrogens with one attached hydrogen (secondary N) is 1. The zero-order valence-electron chi connectivity index (χ0n) is 10.3. The highest BCUT2D eigenvalue weighted by Gasteiger charge is 2.11. The molecule has 2 N–H and O–H groups in total. The molecule has 0 spiro atoms. The van der Waals surface area contributed by atoms with Gasteiger partial charge in [-0.3, -0.25) is 9.36 Å². The third-order valence-electron chi connectivity index (χ3n) is 2.56. The summed E-state index contributed by atoms with van der Waals surface area (Å²) in [6.07, 6.45) is 0. The molecule has 7 heteroatoms. The molecule has 0 bridgehead atoms. The maximum absolute atomic E-state index is 11.9. The van der Waals surface area contributed by atoms with Crippen molar-refractivity contribution in [2.75, 3.05) is 5.75 Å².